The van der Waals surface area contributed by atoms with Crippen molar-refractivity contribution in [2.24, 2.45) is 0 Å². The molecule has 1 fully saturated rings. The third-order valence-corrected chi connectivity index (χ3v) is 9.90. The van der Waals surface area contributed by atoms with E-state index >= 15 is 0 Å². The fourth-order valence-electron chi connectivity index (χ4n) is 6.10. The molecule has 1 aliphatic heterocycles. The number of nitrogens with zero attached hydrogens (tertiary/aromatic N) is 5. The molecule has 0 saturated carbocycles. The molecule has 1 saturated heterocycles. The van der Waals surface area contributed by atoms with E-state index in [1.54, 1.807) is 35.6 Å². The van der Waals surface area contributed by atoms with Crippen LogP contribution in [0.2, 0.25) is 5.02 Å². The Hall–Kier alpha value is -4.73. The van der Waals surface area contributed by atoms with Crippen LogP contribution in [0.4, 0.5) is 10.1 Å². The van der Waals surface area contributed by atoms with Gasteiger partial charge >= 0.3 is 0 Å². The van der Waals surface area contributed by atoms with Gasteiger partial charge < -0.3 is 14.2 Å². The highest BCUT2D eigenvalue weighted by molar-refractivity contribution is 7.90. The number of carbonyl (C=O) groups is 1. The maximum absolute atomic E-state index is 14.3. The van der Waals surface area contributed by atoms with E-state index in [2.05, 4.69) is 4.98 Å². The first-order valence-electron chi connectivity index (χ1n) is 16.0. The summed E-state index contributed by atoms with van der Waals surface area (Å²) in [5.74, 6) is -0.139. The number of aromatic nitrogens is 2. The molecule has 1 aliphatic rings. The molecular formula is C38H36Cl2FN5O4S. The Kier molecular flexibility index (Phi) is 12.2. The zero-order chi connectivity index (χ0) is 35.3. The lowest BCUT2D eigenvalue weighted by Gasteiger charge is -2.41. The molecular weight excluding hydrogens is 712 g/mol. The van der Waals surface area contributed by atoms with Gasteiger partial charge in [-0.25, -0.2) is 17.8 Å². The van der Waals surface area contributed by atoms with Crippen LogP contribution in [0, 0.1) is 17.1 Å². The molecule has 0 bridgehead atoms. The summed E-state index contributed by atoms with van der Waals surface area (Å²) in [5, 5.41) is 9.55. The number of sulfone groups is 1. The summed E-state index contributed by atoms with van der Waals surface area (Å²) in [6.07, 6.45) is 4.82. The van der Waals surface area contributed by atoms with Crippen molar-refractivity contribution in [3.8, 4) is 22.9 Å². The molecule has 51 heavy (non-hydrogen) atoms. The number of nitriles is 1. The van der Waals surface area contributed by atoms with Crippen molar-refractivity contribution >= 4 is 45.4 Å². The Morgan fingerprint density at radius 1 is 1.00 bits per heavy atom. The highest BCUT2D eigenvalue weighted by Crippen LogP contribution is 2.37. The average molecular weight is 749 g/mol. The predicted octanol–water partition coefficient (Wildman–Crippen LogP) is 6.92. The summed E-state index contributed by atoms with van der Waals surface area (Å²) in [6, 6.07) is 28.9. The second-order valence-electron chi connectivity index (χ2n) is 12.4. The highest BCUT2D eigenvalue weighted by Gasteiger charge is 2.35. The van der Waals surface area contributed by atoms with E-state index in [1.165, 1.54) is 18.4 Å². The number of carbonyl (C=O) groups excluding carboxylic acids is 1. The lowest BCUT2D eigenvalue weighted by Crippen LogP contribution is -2.56. The van der Waals surface area contributed by atoms with Gasteiger partial charge in [0.25, 0.3) is 0 Å². The molecule has 9 nitrogen and oxygen atoms in total. The van der Waals surface area contributed by atoms with Gasteiger partial charge in [0.05, 0.1) is 35.6 Å². The van der Waals surface area contributed by atoms with Crippen molar-refractivity contribution in [2.45, 2.75) is 32.2 Å². The van der Waals surface area contributed by atoms with Crippen LogP contribution >= 0.6 is 24.0 Å². The van der Waals surface area contributed by atoms with Gasteiger partial charge in [-0.05, 0) is 59.5 Å². The monoisotopic (exact) mass is 747 g/mol. The number of hydrogen-bond acceptors (Lipinski definition) is 7. The quantitative estimate of drug-likeness (QED) is 0.136. The smallest absolute Gasteiger partial charge is 0.241 e. The van der Waals surface area contributed by atoms with E-state index in [9.17, 15) is 17.6 Å². The maximum Gasteiger partial charge on any atom is 0.241 e. The van der Waals surface area contributed by atoms with Gasteiger partial charge in [0, 0.05) is 48.7 Å². The SMILES string of the molecule is CS(=O)(=O)CC[C@H]1CN(c2cc(Cl)ccc2-c2cccc(OCc3ccccc3)c2)C(=O)CN1Cc1cncn1Cc1ccc(C#N)c(F)c1.Cl. The van der Waals surface area contributed by atoms with Gasteiger partial charge in [-0.15, -0.1) is 12.4 Å². The second kappa shape index (κ2) is 16.5. The van der Waals surface area contributed by atoms with Crippen molar-refractivity contribution in [3.63, 3.8) is 0 Å². The highest BCUT2D eigenvalue weighted by atomic mass is 35.5. The van der Waals surface area contributed by atoms with Gasteiger partial charge in [0.15, 0.2) is 0 Å². The predicted molar refractivity (Wildman–Crippen MR) is 198 cm³/mol. The summed E-state index contributed by atoms with van der Waals surface area (Å²) in [4.78, 5) is 21.9. The molecule has 1 atom stereocenters. The maximum atomic E-state index is 14.3. The summed E-state index contributed by atoms with van der Waals surface area (Å²) < 4.78 is 46.9. The topological polar surface area (TPSA) is 109 Å². The molecule has 6 rings (SSSR count). The number of hydrogen-bond donors (Lipinski definition) is 0. The summed E-state index contributed by atoms with van der Waals surface area (Å²) in [6.45, 7) is 1.29. The minimum atomic E-state index is -3.29. The minimum Gasteiger partial charge on any atom is -0.489 e. The number of halogens is 3. The van der Waals surface area contributed by atoms with Crippen LogP contribution in [0.15, 0.2) is 104 Å². The zero-order valence-corrected chi connectivity index (χ0v) is 30.2. The Bertz CT molecular complexity index is 2160. The lowest BCUT2D eigenvalue weighted by atomic mass is 10.0. The normalized spacial score (nSPS) is 14.9. The Labute approximate surface area is 308 Å². The van der Waals surface area contributed by atoms with Crippen LogP contribution in [-0.4, -0.2) is 59.9 Å². The summed E-state index contributed by atoms with van der Waals surface area (Å²) in [7, 11) is -3.29. The first kappa shape index (κ1) is 37.5. The number of imidazole rings is 1. The van der Waals surface area contributed by atoms with Crippen molar-refractivity contribution in [2.75, 3.05) is 30.0 Å². The Morgan fingerprint density at radius 2 is 1.80 bits per heavy atom. The molecule has 13 heteroatoms. The molecule has 0 unspecified atom stereocenters. The molecule has 1 amide bonds. The van der Waals surface area contributed by atoms with E-state index in [4.69, 9.17) is 21.6 Å². The number of anilines is 1. The van der Waals surface area contributed by atoms with Gasteiger partial charge in [0.1, 0.15) is 34.1 Å². The molecule has 0 N–H and O–H groups in total. The van der Waals surface area contributed by atoms with Crippen molar-refractivity contribution < 1.29 is 22.3 Å². The van der Waals surface area contributed by atoms with Gasteiger partial charge in [-0.2, -0.15) is 5.26 Å². The zero-order valence-electron chi connectivity index (χ0n) is 27.8. The van der Waals surface area contributed by atoms with E-state index in [-0.39, 0.29) is 48.8 Å². The minimum absolute atomic E-state index is 0. The third-order valence-electron chi connectivity index (χ3n) is 8.69. The van der Waals surface area contributed by atoms with E-state index < -0.39 is 15.7 Å². The molecule has 0 radical (unpaired) electrons. The van der Waals surface area contributed by atoms with Crippen LogP contribution < -0.4 is 9.64 Å². The van der Waals surface area contributed by atoms with Gasteiger partial charge in [-0.1, -0.05) is 66.2 Å². The molecule has 0 aliphatic carbocycles. The first-order chi connectivity index (χ1) is 24.1. The van der Waals surface area contributed by atoms with Crippen LogP contribution in [0.3, 0.4) is 0 Å². The molecule has 0 spiro atoms. The third kappa shape index (κ3) is 9.54. The number of amides is 1. The lowest BCUT2D eigenvalue weighted by molar-refractivity contribution is -0.122. The number of benzene rings is 4. The van der Waals surface area contributed by atoms with Gasteiger partial charge in [-0.3, -0.25) is 9.69 Å². The van der Waals surface area contributed by atoms with E-state index in [1.807, 2.05) is 76.2 Å². The van der Waals surface area contributed by atoms with Crippen molar-refractivity contribution in [1.82, 2.24) is 14.5 Å². The second-order valence-corrected chi connectivity index (χ2v) is 15.1. The summed E-state index contributed by atoms with van der Waals surface area (Å²) >= 11 is 6.51. The molecule has 4 aromatic carbocycles. The Morgan fingerprint density at radius 3 is 2.55 bits per heavy atom. The first-order valence-corrected chi connectivity index (χ1v) is 18.5. The summed E-state index contributed by atoms with van der Waals surface area (Å²) in [5.41, 5.74) is 4.69. The molecule has 5 aromatic rings. The van der Waals surface area contributed by atoms with E-state index in [0.29, 0.717) is 48.1 Å². The Balaban J connectivity index is 0.00000504. The van der Waals surface area contributed by atoms with Gasteiger partial charge in [0.2, 0.25) is 5.91 Å². The van der Waals surface area contributed by atoms with Crippen LogP contribution in [-0.2, 0) is 34.3 Å². The van der Waals surface area contributed by atoms with Crippen LogP contribution in [0.1, 0.15) is 28.8 Å². The average Bonchev–Trinajstić information content (AvgIpc) is 3.53. The number of rotatable bonds is 12. The molecule has 264 valence electrons. The van der Waals surface area contributed by atoms with E-state index in [0.717, 1.165) is 22.4 Å². The fraction of sp³-hybridized carbons (Fsp3) is 0.237. The standard InChI is InChI=1S/C38H35ClFN5O4S.ClH/c1-50(47,48)15-14-32-23-45(38(46)24-43(32)22-33-20-42-26-44(33)21-28-10-11-30(19-41)36(40)16-28)37-18-31(39)12-13-35(37)29-8-5-9-34(17-29)49-25-27-6-3-2-4-7-27;/h2-13,16-18,20,26,32H,14-15,21-25H2,1H3;1H/t32-;/m0./s1. The van der Waals surface area contributed by atoms with Crippen molar-refractivity contribution in [1.29, 1.82) is 5.26 Å². The van der Waals surface area contributed by atoms with Crippen LogP contribution in [0.5, 0.6) is 5.75 Å². The number of ether oxygens (including phenoxy) is 1. The number of piperazine rings is 1. The van der Waals surface area contributed by atoms with Crippen LogP contribution in [0.25, 0.3) is 11.1 Å². The molecule has 2 heterocycles. The fourth-order valence-corrected chi connectivity index (χ4v) is 6.97. The molecule has 1 aromatic heterocycles. The van der Waals surface area contributed by atoms with Crippen molar-refractivity contribution in [3.05, 3.63) is 137 Å². The largest absolute Gasteiger partial charge is 0.489 e.